The van der Waals surface area contributed by atoms with Gasteiger partial charge in [0.1, 0.15) is 0 Å². The van der Waals surface area contributed by atoms with Crippen LogP contribution in [0.4, 0.5) is 30.2 Å². The van der Waals surface area contributed by atoms with Crippen LogP contribution in [0.3, 0.4) is 0 Å². The third-order valence-electron chi connectivity index (χ3n) is 5.93. The van der Waals surface area contributed by atoms with Crippen LogP contribution in [0.2, 0.25) is 0 Å². The van der Waals surface area contributed by atoms with Gasteiger partial charge in [-0.05, 0) is 72.5 Å². The summed E-state index contributed by atoms with van der Waals surface area (Å²) >= 11 is 0. The van der Waals surface area contributed by atoms with Gasteiger partial charge in [0.05, 0.1) is 11.8 Å². The van der Waals surface area contributed by atoms with E-state index in [1.165, 1.54) is 22.7 Å². The molecule has 3 aromatic carbocycles. The SMILES string of the molecule is Cc1ccc(Nc2cccc3c2CCN(S(C)(=O)=O)C3)cc1C(=O)Nc1ccc(C(F)(F)F)cc1. The van der Waals surface area contributed by atoms with Crippen LogP contribution in [-0.4, -0.2) is 31.4 Å². The van der Waals surface area contributed by atoms with Crippen molar-refractivity contribution in [3.63, 3.8) is 0 Å². The molecule has 1 heterocycles. The number of amides is 1. The first-order valence-electron chi connectivity index (χ1n) is 10.8. The van der Waals surface area contributed by atoms with E-state index < -0.39 is 27.7 Å². The minimum atomic E-state index is -4.45. The molecule has 3 aromatic rings. The Labute approximate surface area is 201 Å². The second-order valence-electron chi connectivity index (χ2n) is 8.47. The van der Waals surface area contributed by atoms with Gasteiger partial charge in [0.2, 0.25) is 10.0 Å². The first-order valence-corrected chi connectivity index (χ1v) is 12.7. The fraction of sp³-hybridized carbons (Fsp3) is 0.240. The summed E-state index contributed by atoms with van der Waals surface area (Å²) in [4.78, 5) is 12.9. The topological polar surface area (TPSA) is 78.5 Å². The number of anilines is 3. The van der Waals surface area contributed by atoms with Crippen molar-refractivity contribution in [1.82, 2.24) is 4.31 Å². The van der Waals surface area contributed by atoms with Crippen LogP contribution in [0.25, 0.3) is 0 Å². The Morgan fingerprint density at radius 3 is 2.34 bits per heavy atom. The van der Waals surface area contributed by atoms with E-state index in [0.29, 0.717) is 36.3 Å². The molecule has 2 N–H and O–H groups in total. The van der Waals surface area contributed by atoms with E-state index in [9.17, 15) is 26.4 Å². The van der Waals surface area contributed by atoms with Gasteiger partial charge in [-0.3, -0.25) is 4.79 Å². The smallest absolute Gasteiger partial charge is 0.355 e. The van der Waals surface area contributed by atoms with E-state index >= 15 is 0 Å². The Balaban J connectivity index is 1.53. The summed E-state index contributed by atoms with van der Waals surface area (Å²) in [5.74, 6) is -0.440. The van der Waals surface area contributed by atoms with Crippen molar-refractivity contribution >= 4 is 33.0 Å². The zero-order chi connectivity index (χ0) is 25.4. The Morgan fingerprint density at radius 1 is 1.00 bits per heavy atom. The lowest BCUT2D eigenvalue weighted by atomic mass is 9.98. The van der Waals surface area contributed by atoms with E-state index in [-0.39, 0.29) is 5.69 Å². The number of benzene rings is 3. The van der Waals surface area contributed by atoms with Gasteiger partial charge in [-0.1, -0.05) is 18.2 Å². The standard InChI is InChI=1S/C25H24F3N3O3S/c1-16-6-9-20(14-22(16)24(32)30-19-10-7-18(8-11-19)25(26,27)28)29-23-5-3-4-17-15-31(35(2,33)34)13-12-21(17)23/h3-11,14,29H,12-13,15H2,1-2H3,(H,30,32). The number of hydrogen-bond acceptors (Lipinski definition) is 4. The number of carbonyl (C=O) groups is 1. The zero-order valence-corrected chi connectivity index (χ0v) is 19.9. The van der Waals surface area contributed by atoms with Gasteiger partial charge in [-0.15, -0.1) is 0 Å². The number of fused-ring (bicyclic) bond motifs is 1. The average Bonchev–Trinajstić information content (AvgIpc) is 2.79. The van der Waals surface area contributed by atoms with Crippen molar-refractivity contribution in [3.8, 4) is 0 Å². The van der Waals surface area contributed by atoms with Crippen molar-refractivity contribution in [2.45, 2.75) is 26.1 Å². The fourth-order valence-corrected chi connectivity index (χ4v) is 4.82. The summed E-state index contributed by atoms with van der Waals surface area (Å²) in [7, 11) is -3.28. The lowest BCUT2D eigenvalue weighted by Crippen LogP contribution is -2.35. The molecule has 1 aliphatic rings. The summed E-state index contributed by atoms with van der Waals surface area (Å²) in [6.07, 6.45) is -2.69. The Hall–Kier alpha value is -3.37. The highest BCUT2D eigenvalue weighted by atomic mass is 32.2. The van der Waals surface area contributed by atoms with Crippen molar-refractivity contribution in [2.24, 2.45) is 0 Å². The molecule has 0 radical (unpaired) electrons. The molecule has 0 spiro atoms. The van der Waals surface area contributed by atoms with E-state index in [4.69, 9.17) is 0 Å². The number of halogens is 3. The maximum absolute atomic E-state index is 12.9. The van der Waals surface area contributed by atoms with Crippen LogP contribution in [0, 0.1) is 6.92 Å². The predicted octanol–water partition coefficient (Wildman–Crippen LogP) is 5.33. The van der Waals surface area contributed by atoms with Gasteiger partial charge >= 0.3 is 6.18 Å². The molecule has 35 heavy (non-hydrogen) atoms. The molecule has 0 aliphatic carbocycles. The maximum atomic E-state index is 12.9. The Morgan fingerprint density at radius 2 is 1.69 bits per heavy atom. The molecular formula is C25H24F3N3O3S. The number of nitrogens with one attached hydrogen (secondary N) is 2. The minimum absolute atomic E-state index is 0.258. The fourth-order valence-electron chi connectivity index (χ4n) is 4.02. The molecule has 0 saturated carbocycles. The molecule has 4 rings (SSSR count). The van der Waals surface area contributed by atoms with Gasteiger partial charge in [-0.25, -0.2) is 8.42 Å². The molecule has 0 bridgehead atoms. The Kier molecular flexibility index (Phi) is 6.61. The second kappa shape index (κ2) is 9.35. The normalized spacial score (nSPS) is 14.3. The molecule has 1 aliphatic heterocycles. The largest absolute Gasteiger partial charge is 0.416 e. The lowest BCUT2D eigenvalue weighted by molar-refractivity contribution is -0.137. The van der Waals surface area contributed by atoms with E-state index in [1.54, 1.807) is 19.1 Å². The molecular weight excluding hydrogens is 479 g/mol. The van der Waals surface area contributed by atoms with Crippen molar-refractivity contribution in [3.05, 3.63) is 88.5 Å². The highest BCUT2D eigenvalue weighted by Gasteiger charge is 2.30. The van der Waals surface area contributed by atoms with Crippen molar-refractivity contribution in [2.75, 3.05) is 23.4 Å². The van der Waals surface area contributed by atoms with E-state index in [0.717, 1.165) is 28.9 Å². The monoisotopic (exact) mass is 503 g/mol. The third kappa shape index (κ3) is 5.66. The summed E-state index contributed by atoms with van der Waals surface area (Å²) in [6.45, 7) is 2.47. The summed E-state index contributed by atoms with van der Waals surface area (Å²) in [6, 6.07) is 15.2. The highest BCUT2D eigenvalue weighted by molar-refractivity contribution is 7.88. The van der Waals surface area contributed by atoms with Crippen molar-refractivity contribution in [1.29, 1.82) is 0 Å². The third-order valence-corrected chi connectivity index (χ3v) is 7.18. The molecule has 1 amide bonds. The molecule has 0 atom stereocenters. The molecule has 6 nitrogen and oxygen atoms in total. The number of rotatable bonds is 5. The lowest BCUT2D eigenvalue weighted by Gasteiger charge is -2.28. The van der Waals surface area contributed by atoms with Gasteiger partial charge in [0.25, 0.3) is 5.91 Å². The maximum Gasteiger partial charge on any atom is 0.416 e. The number of sulfonamides is 1. The zero-order valence-electron chi connectivity index (χ0n) is 19.1. The summed E-state index contributed by atoms with van der Waals surface area (Å²) < 4.78 is 63.6. The molecule has 0 fully saturated rings. The van der Waals surface area contributed by atoms with Crippen LogP contribution >= 0.6 is 0 Å². The number of carbonyl (C=O) groups excluding carboxylic acids is 1. The molecule has 10 heteroatoms. The van der Waals surface area contributed by atoms with Gasteiger partial charge in [0.15, 0.2) is 0 Å². The van der Waals surface area contributed by atoms with Crippen LogP contribution < -0.4 is 10.6 Å². The number of nitrogens with zero attached hydrogens (tertiary/aromatic N) is 1. The molecule has 0 saturated heterocycles. The summed E-state index contributed by atoms with van der Waals surface area (Å²) in [5, 5.41) is 5.96. The van der Waals surface area contributed by atoms with E-state index in [2.05, 4.69) is 10.6 Å². The molecule has 184 valence electrons. The van der Waals surface area contributed by atoms with Crippen LogP contribution in [0.1, 0.15) is 32.6 Å². The molecule has 0 aromatic heterocycles. The number of hydrogen-bond donors (Lipinski definition) is 2. The van der Waals surface area contributed by atoms with Crippen LogP contribution in [0.5, 0.6) is 0 Å². The van der Waals surface area contributed by atoms with Gasteiger partial charge in [-0.2, -0.15) is 17.5 Å². The van der Waals surface area contributed by atoms with Crippen molar-refractivity contribution < 1.29 is 26.4 Å². The first kappa shape index (κ1) is 24.7. The Bertz CT molecular complexity index is 1370. The van der Waals surface area contributed by atoms with E-state index in [1.807, 2.05) is 24.3 Å². The van der Waals surface area contributed by atoms with Gasteiger partial charge in [0, 0.05) is 35.7 Å². The summed E-state index contributed by atoms with van der Waals surface area (Å²) in [5.41, 5.74) is 3.97. The first-order chi connectivity index (χ1) is 16.4. The average molecular weight is 504 g/mol. The number of aryl methyl sites for hydroxylation is 1. The second-order valence-corrected chi connectivity index (χ2v) is 10.5. The molecule has 0 unspecified atom stereocenters. The van der Waals surface area contributed by atoms with Gasteiger partial charge < -0.3 is 10.6 Å². The quantitative estimate of drug-likeness (QED) is 0.494. The predicted molar refractivity (Wildman–Crippen MR) is 129 cm³/mol. The minimum Gasteiger partial charge on any atom is -0.355 e. The van der Waals surface area contributed by atoms with Crippen LogP contribution in [0.15, 0.2) is 60.7 Å². The number of alkyl halides is 3. The highest BCUT2D eigenvalue weighted by Crippen LogP contribution is 2.31. The van der Waals surface area contributed by atoms with Crippen LogP contribution in [-0.2, 0) is 29.2 Å².